The van der Waals surface area contributed by atoms with Gasteiger partial charge in [0.05, 0.1) is 0 Å². The number of hydrogen-bond donors (Lipinski definition) is 0. The van der Waals surface area contributed by atoms with Gasteiger partial charge in [0.2, 0.25) is 0 Å². The molecule has 0 aliphatic heterocycles. The minimum absolute atomic E-state index is 0.941. The molecule has 2 aromatic carbocycles. The fraction of sp³-hybridized carbons (Fsp3) is 0.118. The van der Waals surface area contributed by atoms with Crippen LogP contribution in [0.1, 0.15) is 16.7 Å². The maximum atomic E-state index is 4.33. The Morgan fingerprint density at radius 3 is 2.72 bits per heavy atom. The summed E-state index contributed by atoms with van der Waals surface area (Å²) in [4.78, 5) is 4.33. The van der Waals surface area contributed by atoms with E-state index in [4.69, 9.17) is 0 Å². The zero-order valence-corrected chi connectivity index (χ0v) is 10.4. The first-order chi connectivity index (χ1) is 8.83. The van der Waals surface area contributed by atoms with Gasteiger partial charge in [-0.15, -0.1) is 0 Å². The molecule has 0 atom stereocenters. The normalized spacial score (nSPS) is 10.7. The molecule has 18 heavy (non-hydrogen) atoms. The summed E-state index contributed by atoms with van der Waals surface area (Å²) in [6, 6.07) is 17.1. The minimum Gasteiger partial charge on any atom is -0.264 e. The van der Waals surface area contributed by atoms with Gasteiger partial charge in [0, 0.05) is 17.8 Å². The maximum Gasteiger partial charge on any atom is 0.0346 e. The molecule has 3 aromatic rings. The van der Waals surface area contributed by atoms with Crippen molar-refractivity contribution in [3.05, 3.63) is 77.6 Å². The van der Waals surface area contributed by atoms with Gasteiger partial charge < -0.3 is 0 Å². The number of pyridine rings is 1. The Bertz CT molecular complexity index is 681. The summed E-state index contributed by atoms with van der Waals surface area (Å²) in [5.74, 6) is 0. The van der Waals surface area contributed by atoms with E-state index in [1.165, 1.54) is 27.5 Å². The van der Waals surface area contributed by atoms with E-state index in [0.29, 0.717) is 0 Å². The van der Waals surface area contributed by atoms with Crippen molar-refractivity contribution in [3.8, 4) is 0 Å². The molecule has 0 aliphatic carbocycles. The van der Waals surface area contributed by atoms with Crippen molar-refractivity contribution in [1.29, 1.82) is 0 Å². The van der Waals surface area contributed by atoms with Gasteiger partial charge >= 0.3 is 0 Å². The van der Waals surface area contributed by atoms with Crippen molar-refractivity contribution in [2.45, 2.75) is 13.3 Å². The lowest BCUT2D eigenvalue weighted by atomic mass is 10.00. The smallest absolute Gasteiger partial charge is 0.0346 e. The zero-order chi connectivity index (χ0) is 12.4. The highest BCUT2D eigenvalue weighted by Crippen LogP contribution is 2.20. The summed E-state index contributed by atoms with van der Waals surface area (Å²) in [6.45, 7) is 2.13. The fourth-order valence-corrected chi connectivity index (χ4v) is 2.36. The second-order valence-corrected chi connectivity index (χ2v) is 4.69. The van der Waals surface area contributed by atoms with Crippen LogP contribution in [0.4, 0.5) is 0 Å². The molecule has 0 bridgehead atoms. The molecule has 0 fully saturated rings. The van der Waals surface area contributed by atoms with E-state index >= 15 is 0 Å². The molecule has 0 saturated heterocycles. The molecule has 0 aliphatic rings. The van der Waals surface area contributed by atoms with Gasteiger partial charge in [0.25, 0.3) is 0 Å². The Hall–Kier alpha value is -2.15. The minimum atomic E-state index is 0.941. The van der Waals surface area contributed by atoms with Gasteiger partial charge in [-0.3, -0.25) is 4.98 Å². The fourth-order valence-electron chi connectivity index (χ4n) is 2.36. The number of aromatic nitrogens is 1. The van der Waals surface area contributed by atoms with Gasteiger partial charge in [-0.05, 0) is 29.9 Å². The molecule has 0 amide bonds. The molecule has 0 N–H and O–H groups in total. The van der Waals surface area contributed by atoms with E-state index in [2.05, 4.69) is 60.4 Å². The molecule has 0 unspecified atom stereocenters. The topological polar surface area (TPSA) is 12.9 Å². The predicted octanol–water partition coefficient (Wildman–Crippen LogP) is 4.13. The summed E-state index contributed by atoms with van der Waals surface area (Å²) in [7, 11) is 0. The molecule has 0 radical (unpaired) electrons. The highest BCUT2D eigenvalue weighted by Gasteiger charge is 2.02. The first kappa shape index (κ1) is 11.0. The van der Waals surface area contributed by atoms with Gasteiger partial charge in [0.1, 0.15) is 0 Å². The summed E-state index contributed by atoms with van der Waals surface area (Å²) >= 11 is 0. The lowest BCUT2D eigenvalue weighted by Crippen LogP contribution is -1.91. The quantitative estimate of drug-likeness (QED) is 0.648. The molecular formula is C17H15N. The zero-order valence-electron chi connectivity index (χ0n) is 10.4. The summed E-state index contributed by atoms with van der Waals surface area (Å²) in [5.41, 5.74) is 3.94. The highest BCUT2D eigenvalue weighted by molar-refractivity contribution is 5.84. The third-order valence-electron chi connectivity index (χ3n) is 3.23. The van der Waals surface area contributed by atoms with Crippen molar-refractivity contribution >= 4 is 10.8 Å². The van der Waals surface area contributed by atoms with Crippen molar-refractivity contribution in [3.63, 3.8) is 0 Å². The Kier molecular flexibility index (Phi) is 2.81. The van der Waals surface area contributed by atoms with E-state index in [-0.39, 0.29) is 0 Å². The molecule has 1 nitrogen and oxygen atoms in total. The molecule has 3 rings (SSSR count). The molecule has 88 valence electrons. The van der Waals surface area contributed by atoms with Crippen molar-refractivity contribution in [2.75, 3.05) is 0 Å². The van der Waals surface area contributed by atoms with Crippen molar-refractivity contribution < 1.29 is 0 Å². The van der Waals surface area contributed by atoms with Crippen LogP contribution < -0.4 is 0 Å². The van der Waals surface area contributed by atoms with Crippen LogP contribution in [-0.4, -0.2) is 4.98 Å². The average Bonchev–Trinajstić information content (AvgIpc) is 2.39. The van der Waals surface area contributed by atoms with Crippen LogP contribution in [-0.2, 0) is 6.42 Å². The van der Waals surface area contributed by atoms with E-state index in [9.17, 15) is 0 Å². The monoisotopic (exact) mass is 233 g/mol. The lowest BCUT2D eigenvalue weighted by Gasteiger charge is -2.06. The standard InChI is InChI=1S/C17H15N/c1-13-5-4-6-14(9-13)10-16-12-18-11-15-7-2-3-8-17(15)16/h2-9,11-12H,10H2,1H3. The predicted molar refractivity (Wildman–Crippen MR) is 75.7 cm³/mol. The van der Waals surface area contributed by atoms with Crippen LogP contribution in [0.2, 0.25) is 0 Å². The van der Waals surface area contributed by atoms with Crippen LogP contribution in [0.3, 0.4) is 0 Å². The van der Waals surface area contributed by atoms with Crippen LogP contribution >= 0.6 is 0 Å². The summed E-state index contributed by atoms with van der Waals surface area (Å²) in [5, 5.41) is 2.51. The SMILES string of the molecule is Cc1cccc(Cc2cncc3ccccc23)c1. The van der Waals surface area contributed by atoms with Gasteiger partial charge in [-0.1, -0.05) is 54.1 Å². The number of aryl methyl sites for hydroxylation is 1. The number of rotatable bonds is 2. The van der Waals surface area contributed by atoms with Gasteiger partial charge in [-0.25, -0.2) is 0 Å². The maximum absolute atomic E-state index is 4.33. The van der Waals surface area contributed by atoms with E-state index < -0.39 is 0 Å². The average molecular weight is 233 g/mol. The Labute approximate surface area is 107 Å². The Balaban J connectivity index is 2.05. The van der Waals surface area contributed by atoms with E-state index in [0.717, 1.165) is 6.42 Å². The number of fused-ring (bicyclic) bond motifs is 1. The Morgan fingerprint density at radius 2 is 1.83 bits per heavy atom. The molecular weight excluding hydrogens is 218 g/mol. The number of benzene rings is 2. The Morgan fingerprint density at radius 1 is 0.944 bits per heavy atom. The molecule has 1 heteroatoms. The third-order valence-corrected chi connectivity index (χ3v) is 3.23. The summed E-state index contributed by atoms with van der Waals surface area (Å²) < 4.78 is 0. The van der Waals surface area contributed by atoms with Gasteiger partial charge in [0.15, 0.2) is 0 Å². The van der Waals surface area contributed by atoms with Gasteiger partial charge in [-0.2, -0.15) is 0 Å². The number of nitrogens with zero attached hydrogens (tertiary/aromatic N) is 1. The lowest BCUT2D eigenvalue weighted by molar-refractivity contribution is 1.16. The van der Waals surface area contributed by atoms with E-state index in [1.54, 1.807) is 0 Å². The van der Waals surface area contributed by atoms with Crippen molar-refractivity contribution in [1.82, 2.24) is 4.98 Å². The second-order valence-electron chi connectivity index (χ2n) is 4.69. The summed E-state index contributed by atoms with van der Waals surface area (Å²) in [6.07, 6.45) is 4.84. The first-order valence-corrected chi connectivity index (χ1v) is 6.20. The highest BCUT2D eigenvalue weighted by atomic mass is 14.6. The van der Waals surface area contributed by atoms with Crippen LogP contribution in [0.25, 0.3) is 10.8 Å². The van der Waals surface area contributed by atoms with E-state index in [1.807, 2.05) is 12.4 Å². The second kappa shape index (κ2) is 4.61. The number of hydrogen-bond acceptors (Lipinski definition) is 1. The molecule has 0 spiro atoms. The van der Waals surface area contributed by atoms with Crippen molar-refractivity contribution in [2.24, 2.45) is 0 Å². The molecule has 0 saturated carbocycles. The third kappa shape index (κ3) is 2.12. The molecule has 1 aromatic heterocycles. The largest absolute Gasteiger partial charge is 0.264 e. The molecule has 1 heterocycles. The van der Waals surface area contributed by atoms with Crippen LogP contribution in [0.5, 0.6) is 0 Å². The van der Waals surface area contributed by atoms with Crippen LogP contribution in [0, 0.1) is 6.92 Å². The first-order valence-electron chi connectivity index (χ1n) is 6.20. The van der Waals surface area contributed by atoms with Crippen LogP contribution in [0.15, 0.2) is 60.9 Å².